The molecule has 0 spiro atoms. The summed E-state index contributed by atoms with van der Waals surface area (Å²) in [6.07, 6.45) is 4.52. The topological polar surface area (TPSA) is 87.7 Å². The first-order valence-electron chi connectivity index (χ1n) is 9.22. The summed E-state index contributed by atoms with van der Waals surface area (Å²) in [4.78, 5) is 38.8. The van der Waals surface area contributed by atoms with E-state index < -0.39 is 6.09 Å². The van der Waals surface area contributed by atoms with Crippen molar-refractivity contribution in [2.45, 2.75) is 50.4 Å². The Morgan fingerprint density at radius 2 is 2.04 bits per heavy atom. The van der Waals surface area contributed by atoms with Crippen LogP contribution in [0.5, 0.6) is 0 Å². The maximum atomic E-state index is 12.7. The number of fused-ring (bicyclic) bond motifs is 1. The largest absolute Gasteiger partial charge is 0.450 e. The number of imide groups is 1. The van der Waals surface area contributed by atoms with Crippen molar-refractivity contribution >= 4 is 29.7 Å². The lowest BCUT2D eigenvalue weighted by molar-refractivity contribution is -0.126. The predicted molar refractivity (Wildman–Crippen MR) is 95.0 cm³/mol. The SMILES string of the molecule is CCOC(=O)NC(=O)C1CCSC1NC(=O)C1CC2CCCCN2C1. The summed E-state index contributed by atoms with van der Waals surface area (Å²) in [5.41, 5.74) is 0. The van der Waals surface area contributed by atoms with Gasteiger partial charge < -0.3 is 10.1 Å². The number of carbonyl (C=O) groups excluding carboxylic acids is 3. The Morgan fingerprint density at radius 1 is 1.20 bits per heavy atom. The second kappa shape index (κ2) is 8.40. The van der Waals surface area contributed by atoms with Crippen LogP contribution >= 0.6 is 11.8 Å². The average Bonchev–Trinajstić information content (AvgIpc) is 3.21. The highest BCUT2D eigenvalue weighted by atomic mass is 32.2. The Balaban J connectivity index is 1.51. The van der Waals surface area contributed by atoms with Crippen molar-refractivity contribution in [1.82, 2.24) is 15.5 Å². The fourth-order valence-corrected chi connectivity index (χ4v) is 5.40. The number of thioether (sulfide) groups is 1. The molecular formula is C17H27N3O4S. The highest BCUT2D eigenvalue weighted by Crippen LogP contribution is 2.33. The van der Waals surface area contributed by atoms with Crippen LogP contribution in [-0.2, 0) is 14.3 Å². The van der Waals surface area contributed by atoms with Gasteiger partial charge in [0.15, 0.2) is 0 Å². The van der Waals surface area contributed by atoms with Gasteiger partial charge in [-0.15, -0.1) is 11.8 Å². The fraction of sp³-hybridized carbons (Fsp3) is 0.824. The van der Waals surface area contributed by atoms with Crippen molar-refractivity contribution in [2.24, 2.45) is 11.8 Å². The van der Waals surface area contributed by atoms with E-state index in [2.05, 4.69) is 15.5 Å². The zero-order chi connectivity index (χ0) is 17.8. The third kappa shape index (κ3) is 4.47. The van der Waals surface area contributed by atoms with Crippen LogP contribution in [0.3, 0.4) is 0 Å². The zero-order valence-electron chi connectivity index (χ0n) is 14.7. The molecular weight excluding hydrogens is 342 g/mol. The summed E-state index contributed by atoms with van der Waals surface area (Å²) in [5, 5.41) is 5.05. The molecule has 0 saturated carbocycles. The van der Waals surface area contributed by atoms with Crippen LogP contribution in [0.25, 0.3) is 0 Å². The summed E-state index contributed by atoms with van der Waals surface area (Å²) in [6, 6.07) is 0.545. The summed E-state index contributed by atoms with van der Waals surface area (Å²) in [6.45, 7) is 3.83. The number of nitrogens with one attached hydrogen (secondary N) is 2. The first kappa shape index (κ1) is 18.5. The van der Waals surface area contributed by atoms with Crippen molar-refractivity contribution in [3.8, 4) is 0 Å². The number of amides is 3. The van der Waals surface area contributed by atoms with Crippen LogP contribution in [-0.4, -0.2) is 59.7 Å². The lowest BCUT2D eigenvalue weighted by atomic mass is 9.99. The molecule has 3 heterocycles. The van der Waals surface area contributed by atoms with E-state index in [1.165, 1.54) is 19.3 Å². The van der Waals surface area contributed by atoms with E-state index in [9.17, 15) is 14.4 Å². The molecule has 8 heteroatoms. The van der Waals surface area contributed by atoms with Crippen molar-refractivity contribution in [3.05, 3.63) is 0 Å². The molecule has 140 valence electrons. The van der Waals surface area contributed by atoms with E-state index in [0.717, 1.165) is 25.3 Å². The van der Waals surface area contributed by atoms with Gasteiger partial charge >= 0.3 is 6.09 Å². The molecule has 3 fully saturated rings. The van der Waals surface area contributed by atoms with Gasteiger partial charge in [0.1, 0.15) is 0 Å². The van der Waals surface area contributed by atoms with E-state index in [1.54, 1.807) is 18.7 Å². The molecule has 4 unspecified atom stereocenters. The average molecular weight is 369 g/mol. The van der Waals surface area contributed by atoms with E-state index in [-0.39, 0.29) is 35.6 Å². The first-order valence-corrected chi connectivity index (χ1v) is 10.3. The number of rotatable bonds is 4. The van der Waals surface area contributed by atoms with Crippen molar-refractivity contribution in [2.75, 3.05) is 25.4 Å². The first-order chi connectivity index (χ1) is 12.1. The number of carbonyl (C=O) groups is 3. The van der Waals surface area contributed by atoms with E-state index in [1.807, 2.05) is 0 Å². The molecule has 3 amide bonds. The lowest BCUT2D eigenvalue weighted by Crippen LogP contribution is -2.46. The maximum Gasteiger partial charge on any atom is 0.413 e. The molecule has 0 aliphatic carbocycles. The molecule has 25 heavy (non-hydrogen) atoms. The minimum Gasteiger partial charge on any atom is -0.450 e. The molecule has 0 aromatic heterocycles. The van der Waals surface area contributed by atoms with E-state index >= 15 is 0 Å². The quantitative estimate of drug-likeness (QED) is 0.777. The van der Waals surface area contributed by atoms with Gasteiger partial charge in [0.25, 0.3) is 0 Å². The smallest absolute Gasteiger partial charge is 0.413 e. The Kier molecular flexibility index (Phi) is 6.22. The van der Waals surface area contributed by atoms with Crippen LogP contribution in [0.4, 0.5) is 4.79 Å². The number of piperidine rings is 1. The van der Waals surface area contributed by atoms with Gasteiger partial charge in [-0.2, -0.15) is 0 Å². The fourth-order valence-electron chi connectivity index (χ4n) is 4.06. The van der Waals surface area contributed by atoms with Gasteiger partial charge in [-0.1, -0.05) is 6.42 Å². The molecule has 7 nitrogen and oxygen atoms in total. The number of nitrogens with zero attached hydrogens (tertiary/aromatic N) is 1. The predicted octanol–water partition coefficient (Wildman–Crippen LogP) is 1.33. The van der Waals surface area contributed by atoms with Gasteiger partial charge in [-0.05, 0) is 44.9 Å². The molecule has 0 bridgehead atoms. The maximum absolute atomic E-state index is 12.7. The van der Waals surface area contributed by atoms with Crippen LogP contribution in [0.15, 0.2) is 0 Å². The Labute approximate surface area is 152 Å². The third-order valence-electron chi connectivity index (χ3n) is 5.35. The minimum atomic E-state index is -0.720. The lowest BCUT2D eigenvalue weighted by Gasteiger charge is -2.28. The molecule has 0 aromatic carbocycles. The third-order valence-corrected chi connectivity index (χ3v) is 6.62. The van der Waals surface area contributed by atoms with Crippen molar-refractivity contribution in [1.29, 1.82) is 0 Å². The normalized spacial score (nSPS) is 32.0. The summed E-state index contributed by atoms with van der Waals surface area (Å²) < 4.78 is 4.75. The second-order valence-corrected chi connectivity index (χ2v) is 8.23. The Bertz CT molecular complexity index is 516. The highest BCUT2D eigenvalue weighted by molar-refractivity contribution is 8.00. The minimum absolute atomic E-state index is 0.0121. The highest BCUT2D eigenvalue weighted by Gasteiger charge is 2.40. The van der Waals surface area contributed by atoms with Gasteiger partial charge in [0.05, 0.1) is 23.8 Å². The molecule has 3 rings (SSSR count). The van der Waals surface area contributed by atoms with Gasteiger partial charge in [0, 0.05) is 12.6 Å². The molecule has 3 saturated heterocycles. The van der Waals surface area contributed by atoms with E-state index in [0.29, 0.717) is 12.5 Å². The molecule has 2 N–H and O–H groups in total. The zero-order valence-corrected chi connectivity index (χ0v) is 15.5. The number of alkyl carbamates (subject to hydrolysis) is 1. The Hall–Kier alpha value is -1.28. The van der Waals surface area contributed by atoms with Crippen LogP contribution in [0, 0.1) is 11.8 Å². The van der Waals surface area contributed by atoms with Crippen molar-refractivity contribution < 1.29 is 19.1 Å². The number of ether oxygens (including phenoxy) is 1. The van der Waals surface area contributed by atoms with Gasteiger partial charge in [-0.25, -0.2) is 4.79 Å². The van der Waals surface area contributed by atoms with Crippen LogP contribution < -0.4 is 10.6 Å². The van der Waals surface area contributed by atoms with Crippen molar-refractivity contribution in [3.63, 3.8) is 0 Å². The van der Waals surface area contributed by atoms with Gasteiger partial charge in [0.2, 0.25) is 11.8 Å². The monoisotopic (exact) mass is 369 g/mol. The second-order valence-electron chi connectivity index (χ2n) is 6.98. The van der Waals surface area contributed by atoms with E-state index in [4.69, 9.17) is 4.74 Å². The molecule has 4 atom stereocenters. The Morgan fingerprint density at radius 3 is 2.80 bits per heavy atom. The molecule has 3 aliphatic heterocycles. The number of hydrogen-bond donors (Lipinski definition) is 2. The van der Waals surface area contributed by atoms with Gasteiger partial charge in [-0.3, -0.25) is 19.8 Å². The summed E-state index contributed by atoms with van der Waals surface area (Å²) >= 11 is 1.57. The standard InChI is InChI=1S/C17H27N3O4S/c1-2-24-17(23)19-15(22)13-6-8-25-16(13)18-14(21)11-9-12-5-3-4-7-20(12)10-11/h11-13,16H,2-10H2,1H3,(H,18,21)(H,19,22,23). The molecule has 0 aromatic rings. The molecule has 3 aliphatic rings. The summed E-state index contributed by atoms with van der Waals surface area (Å²) in [7, 11) is 0. The van der Waals surface area contributed by atoms with Crippen LogP contribution in [0.1, 0.15) is 39.0 Å². The number of hydrogen-bond acceptors (Lipinski definition) is 6. The summed E-state index contributed by atoms with van der Waals surface area (Å²) in [5.74, 6) is 0.103. The molecule has 0 radical (unpaired) electrons. The van der Waals surface area contributed by atoms with Crippen LogP contribution in [0.2, 0.25) is 0 Å².